The highest BCUT2D eigenvalue weighted by Gasteiger charge is 2.34. The van der Waals surface area contributed by atoms with Gasteiger partial charge in [-0.15, -0.1) is 0 Å². The smallest absolute Gasteiger partial charge is 0.142 e. The van der Waals surface area contributed by atoms with Crippen LogP contribution in [-0.2, 0) is 6.42 Å². The molecule has 0 spiro atoms. The molecule has 0 saturated heterocycles. The summed E-state index contributed by atoms with van der Waals surface area (Å²) in [6.45, 7) is 0. The van der Waals surface area contributed by atoms with Gasteiger partial charge in [-0.2, -0.15) is 0 Å². The lowest BCUT2D eigenvalue weighted by atomic mass is 10.0. The molecule has 1 aromatic carbocycles. The van der Waals surface area contributed by atoms with Gasteiger partial charge in [0.15, 0.2) is 0 Å². The van der Waals surface area contributed by atoms with Crippen LogP contribution < -0.4 is 0 Å². The maximum atomic E-state index is 13.1. The van der Waals surface area contributed by atoms with Crippen LogP contribution in [0.25, 0.3) is 0 Å². The molecular formula is C12H14ClFO2. The summed E-state index contributed by atoms with van der Waals surface area (Å²) in [4.78, 5) is 0. The summed E-state index contributed by atoms with van der Waals surface area (Å²) in [6.07, 6.45) is 0.504. The number of rotatable bonds is 4. The molecule has 1 aliphatic carbocycles. The van der Waals surface area contributed by atoms with Gasteiger partial charge in [-0.05, 0) is 30.4 Å². The van der Waals surface area contributed by atoms with E-state index in [1.54, 1.807) is 12.1 Å². The molecule has 0 amide bonds. The van der Waals surface area contributed by atoms with Crippen LogP contribution in [-0.4, -0.2) is 22.4 Å². The zero-order chi connectivity index (χ0) is 11.7. The monoisotopic (exact) mass is 244 g/mol. The molecule has 2 rings (SSSR count). The van der Waals surface area contributed by atoms with Crippen LogP contribution in [0, 0.1) is 11.7 Å². The van der Waals surface area contributed by atoms with Gasteiger partial charge in [0.1, 0.15) is 5.82 Å². The van der Waals surface area contributed by atoms with Crippen LogP contribution in [0.4, 0.5) is 4.39 Å². The third-order valence-corrected chi connectivity index (χ3v) is 3.38. The lowest BCUT2D eigenvalue weighted by molar-refractivity contribution is 0.00671. The van der Waals surface area contributed by atoms with Gasteiger partial charge in [0.2, 0.25) is 0 Å². The van der Waals surface area contributed by atoms with Crippen LogP contribution in [0.5, 0.6) is 0 Å². The van der Waals surface area contributed by atoms with E-state index >= 15 is 0 Å². The molecule has 2 atom stereocenters. The molecule has 0 radical (unpaired) electrons. The van der Waals surface area contributed by atoms with Gasteiger partial charge in [0.25, 0.3) is 0 Å². The highest BCUT2D eigenvalue weighted by atomic mass is 35.5. The summed E-state index contributed by atoms with van der Waals surface area (Å²) in [5.74, 6) is -0.297. The van der Waals surface area contributed by atoms with Gasteiger partial charge in [-0.25, -0.2) is 4.39 Å². The molecule has 1 aromatic rings. The molecule has 0 bridgehead atoms. The average molecular weight is 245 g/mol. The van der Waals surface area contributed by atoms with E-state index in [-0.39, 0.29) is 17.4 Å². The third-order valence-electron chi connectivity index (χ3n) is 2.96. The Morgan fingerprint density at radius 1 is 1.38 bits per heavy atom. The molecule has 2 N–H and O–H groups in total. The van der Waals surface area contributed by atoms with E-state index in [1.807, 2.05) is 0 Å². The summed E-state index contributed by atoms with van der Waals surface area (Å²) in [7, 11) is 0. The van der Waals surface area contributed by atoms with E-state index < -0.39 is 18.0 Å². The average Bonchev–Trinajstić information content (AvgIpc) is 3.07. The van der Waals surface area contributed by atoms with Crippen molar-refractivity contribution >= 4 is 11.6 Å². The first kappa shape index (κ1) is 11.8. The Morgan fingerprint density at radius 3 is 2.69 bits per heavy atom. The van der Waals surface area contributed by atoms with Gasteiger partial charge >= 0.3 is 0 Å². The highest BCUT2D eigenvalue weighted by molar-refractivity contribution is 6.31. The molecular weight excluding hydrogens is 231 g/mol. The normalized spacial score (nSPS) is 19.5. The molecule has 88 valence electrons. The molecule has 1 fully saturated rings. The zero-order valence-electron chi connectivity index (χ0n) is 8.74. The minimum absolute atomic E-state index is 0.0320. The van der Waals surface area contributed by atoms with Crippen molar-refractivity contribution in [2.75, 3.05) is 0 Å². The Kier molecular flexibility index (Phi) is 3.47. The maximum Gasteiger partial charge on any atom is 0.142 e. The van der Waals surface area contributed by atoms with Gasteiger partial charge in [-0.1, -0.05) is 23.7 Å². The fraction of sp³-hybridized carbons (Fsp3) is 0.500. The van der Waals surface area contributed by atoms with Crippen molar-refractivity contribution in [2.45, 2.75) is 31.5 Å². The largest absolute Gasteiger partial charge is 0.390 e. The quantitative estimate of drug-likeness (QED) is 0.852. The van der Waals surface area contributed by atoms with Crippen molar-refractivity contribution in [3.8, 4) is 0 Å². The number of halogens is 2. The Hall–Kier alpha value is -0.640. The van der Waals surface area contributed by atoms with Crippen molar-refractivity contribution in [2.24, 2.45) is 5.92 Å². The zero-order valence-corrected chi connectivity index (χ0v) is 9.49. The van der Waals surface area contributed by atoms with E-state index in [0.717, 1.165) is 12.8 Å². The van der Waals surface area contributed by atoms with E-state index in [9.17, 15) is 14.6 Å². The standard InChI is InChI=1S/C12H14ClFO2/c13-11-8(2-1-3-9(11)14)6-10(15)12(16)7-4-5-7/h1-3,7,10,12,15-16H,4-6H2. The first-order chi connectivity index (χ1) is 7.59. The van der Waals surface area contributed by atoms with Gasteiger partial charge in [0.05, 0.1) is 17.2 Å². The molecule has 1 aliphatic rings. The van der Waals surface area contributed by atoms with Crippen LogP contribution in [0.1, 0.15) is 18.4 Å². The first-order valence-electron chi connectivity index (χ1n) is 5.38. The topological polar surface area (TPSA) is 40.5 Å². The second kappa shape index (κ2) is 4.70. The Morgan fingerprint density at radius 2 is 2.06 bits per heavy atom. The second-order valence-corrected chi connectivity index (χ2v) is 4.69. The van der Waals surface area contributed by atoms with Gasteiger partial charge < -0.3 is 10.2 Å². The Balaban J connectivity index is 2.05. The highest BCUT2D eigenvalue weighted by Crippen LogP contribution is 2.35. The van der Waals surface area contributed by atoms with E-state index in [1.165, 1.54) is 6.07 Å². The lowest BCUT2D eigenvalue weighted by Gasteiger charge is -2.17. The molecule has 2 nitrogen and oxygen atoms in total. The van der Waals surface area contributed by atoms with Crippen LogP contribution in [0.3, 0.4) is 0 Å². The molecule has 2 unspecified atom stereocenters. The van der Waals surface area contributed by atoms with E-state index in [0.29, 0.717) is 5.56 Å². The van der Waals surface area contributed by atoms with Gasteiger partial charge in [-0.3, -0.25) is 0 Å². The predicted molar refractivity (Wildman–Crippen MR) is 59.9 cm³/mol. The van der Waals surface area contributed by atoms with Crippen molar-refractivity contribution in [3.05, 3.63) is 34.6 Å². The number of hydrogen-bond donors (Lipinski definition) is 2. The summed E-state index contributed by atoms with van der Waals surface area (Å²) in [6, 6.07) is 4.48. The van der Waals surface area contributed by atoms with E-state index in [2.05, 4.69) is 0 Å². The van der Waals surface area contributed by atoms with Crippen LogP contribution >= 0.6 is 11.6 Å². The minimum atomic E-state index is -0.869. The van der Waals surface area contributed by atoms with Crippen LogP contribution in [0.15, 0.2) is 18.2 Å². The van der Waals surface area contributed by atoms with E-state index in [4.69, 9.17) is 11.6 Å². The SMILES string of the molecule is OC(Cc1cccc(F)c1Cl)C(O)C1CC1. The second-order valence-electron chi connectivity index (χ2n) is 4.31. The fourth-order valence-electron chi connectivity index (χ4n) is 1.80. The molecule has 0 heterocycles. The number of aliphatic hydroxyl groups is 2. The number of hydrogen-bond acceptors (Lipinski definition) is 2. The predicted octanol–water partition coefficient (Wildman–Crippen LogP) is 2.15. The van der Waals surface area contributed by atoms with Gasteiger partial charge in [0, 0.05) is 6.42 Å². The molecule has 0 aliphatic heterocycles. The molecule has 0 aromatic heterocycles. The van der Waals surface area contributed by atoms with Crippen molar-refractivity contribution < 1.29 is 14.6 Å². The Bertz CT molecular complexity index is 379. The van der Waals surface area contributed by atoms with Crippen LogP contribution in [0.2, 0.25) is 5.02 Å². The fourth-order valence-corrected chi connectivity index (χ4v) is 2.01. The summed E-state index contributed by atoms with van der Waals surface area (Å²) >= 11 is 5.77. The lowest BCUT2D eigenvalue weighted by Crippen LogP contribution is -2.29. The summed E-state index contributed by atoms with van der Waals surface area (Å²) in [5, 5.41) is 19.5. The Labute approximate surface area is 98.7 Å². The number of aliphatic hydroxyl groups excluding tert-OH is 2. The maximum absolute atomic E-state index is 13.1. The van der Waals surface area contributed by atoms with Crippen molar-refractivity contribution in [3.63, 3.8) is 0 Å². The number of benzene rings is 1. The first-order valence-corrected chi connectivity index (χ1v) is 5.76. The molecule has 4 heteroatoms. The molecule has 16 heavy (non-hydrogen) atoms. The van der Waals surface area contributed by atoms with Crippen molar-refractivity contribution in [1.82, 2.24) is 0 Å². The summed E-state index contributed by atoms with van der Waals surface area (Å²) < 4.78 is 13.1. The van der Waals surface area contributed by atoms with Crippen molar-refractivity contribution in [1.29, 1.82) is 0 Å². The summed E-state index contributed by atoms with van der Waals surface area (Å²) in [5.41, 5.74) is 0.536. The molecule has 1 saturated carbocycles. The third kappa shape index (κ3) is 2.54. The minimum Gasteiger partial charge on any atom is -0.390 e.